The lowest BCUT2D eigenvalue weighted by atomic mass is 9.75. The van der Waals surface area contributed by atoms with E-state index in [1.165, 1.54) is 34.7 Å². The number of hydrogen-bond acceptors (Lipinski definition) is 4. The van der Waals surface area contributed by atoms with Crippen LogP contribution in [0.3, 0.4) is 0 Å². The van der Waals surface area contributed by atoms with Gasteiger partial charge in [-0.25, -0.2) is 0 Å². The molecule has 0 spiro atoms. The molecule has 2 saturated heterocycles. The summed E-state index contributed by atoms with van der Waals surface area (Å²) >= 11 is 0. The first kappa shape index (κ1) is 11.4. The minimum Gasteiger partial charge on any atom is -0.426 e. The van der Waals surface area contributed by atoms with Gasteiger partial charge in [0.25, 0.3) is 0 Å². The van der Waals surface area contributed by atoms with Crippen LogP contribution in [0.15, 0.2) is 30.3 Å². The Morgan fingerprint density at radius 1 is 0.909 bits per heavy atom. The van der Waals surface area contributed by atoms with Gasteiger partial charge in [0.1, 0.15) is 30.2 Å². The van der Waals surface area contributed by atoms with Crippen molar-refractivity contribution < 1.29 is 19.0 Å². The van der Waals surface area contributed by atoms with Crippen LogP contribution in [0.25, 0.3) is 11.1 Å². The fourth-order valence-corrected chi connectivity index (χ4v) is 4.17. The van der Waals surface area contributed by atoms with Crippen molar-refractivity contribution in [3.63, 3.8) is 0 Å². The number of rotatable bonds is 1. The maximum absolute atomic E-state index is 11.4. The number of epoxide rings is 2. The molecule has 2 aromatic carbocycles. The summed E-state index contributed by atoms with van der Waals surface area (Å²) in [7, 11) is 0. The molecular weight excluding hydrogens is 280 g/mol. The van der Waals surface area contributed by atoms with Crippen molar-refractivity contribution in [1.29, 1.82) is 0 Å². The van der Waals surface area contributed by atoms with Gasteiger partial charge in [-0.1, -0.05) is 24.3 Å². The van der Waals surface area contributed by atoms with Gasteiger partial charge in [-0.05, 0) is 33.9 Å². The van der Waals surface area contributed by atoms with Crippen molar-refractivity contribution in [1.82, 2.24) is 0 Å². The van der Waals surface area contributed by atoms with E-state index < -0.39 is 0 Å². The molecule has 0 amide bonds. The number of benzene rings is 2. The van der Waals surface area contributed by atoms with E-state index in [1.807, 2.05) is 12.1 Å². The summed E-state index contributed by atoms with van der Waals surface area (Å²) < 4.78 is 17.2. The average Bonchev–Trinajstić information content (AvgIpc) is 3.39. The SMILES string of the molecule is CC(=O)Oc1ccc2c3c1[C@@H]1O[C@@H]1c1cccc(c1-3)[C@H]1O[C@@H]21. The van der Waals surface area contributed by atoms with Gasteiger partial charge in [0.15, 0.2) is 0 Å². The third kappa shape index (κ3) is 1.20. The van der Waals surface area contributed by atoms with E-state index in [0.717, 1.165) is 5.56 Å². The normalized spacial score (nSPS) is 30.8. The van der Waals surface area contributed by atoms with Crippen LogP contribution in [0.5, 0.6) is 5.75 Å². The fraction of sp³-hybridized carbons (Fsp3) is 0.278. The molecule has 4 heteroatoms. The molecule has 0 bridgehead atoms. The molecule has 0 saturated carbocycles. The number of ether oxygens (including phenoxy) is 3. The summed E-state index contributed by atoms with van der Waals surface area (Å²) in [6.07, 6.45) is 0.396. The lowest BCUT2D eigenvalue weighted by Gasteiger charge is -2.26. The first-order valence-electron chi connectivity index (χ1n) is 7.53. The molecule has 4 aliphatic rings. The zero-order valence-corrected chi connectivity index (χ0v) is 11.8. The van der Waals surface area contributed by atoms with Gasteiger partial charge >= 0.3 is 5.97 Å². The Kier molecular flexibility index (Phi) is 1.77. The zero-order valence-electron chi connectivity index (χ0n) is 11.8. The molecule has 4 atom stereocenters. The number of carbonyl (C=O) groups is 1. The number of hydrogen-bond donors (Lipinski definition) is 0. The first-order chi connectivity index (χ1) is 10.7. The largest absolute Gasteiger partial charge is 0.426 e. The summed E-state index contributed by atoms with van der Waals surface area (Å²) in [6.45, 7) is 1.43. The van der Waals surface area contributed by atoms with Crippen molar-refractivity contribution in [2.75, 3.05) is 0 Å². The fourth-order valence-electron chi connectivity index (χ4n) is 4.17. The van der Waals surface area contributed by atoms with Crippen molar-refractivity contribution in [3.05, 3.63) is 52.6 Å². The lowest BCUT2D eigenvalue weighted by Crippen LogP contribution is -2.12. The summed E-state index contributed by atoms with van der Waals surface area (Å²) in [5.41, 5.74) is 7.10. The molecular formula is C18H12O4. The van der Waals surface area contributed by atoms with Gasteiger partial charge in [0.2, 0.25) is 0 Å². The van der Waals surface area contributed by atoms with Crippen LogP contribution >= 0.6 is 0 Å². The van der Waals surface area contributed by atoms with Crippen molar-refractivity contribution >= 4 is 5.97 Å². The maximum atomic E-state index is 11.4. The maximum Gasteiger partial charge on any atom is 0.308 e. The van der Waals surface area contributed by atoms with Crippen LogP contribution in [0.4, 0.5) is 0 Å². The van der Waals surface area contributed by atoms with E-state index in [9.17, 15) is 4.79 Å². The Balaban J connectivity index is 1.72. The molecule has 6 rings (SSSR count). The van der Waals surface area contributed by atoms with Gasteiger partial charge in [-0.3, -0.25) is 4.79 Å². The van der Waals surface area contributed by atoms with Gasteiger partial charge < -0.3 is 14.2 Å². The van der Waals surface area contributed by atoms with Crippen LogP contribution in [0, 0.1) is 0 Å². The van der Waals surface area contributed by atoms with E-state index in [0.29, 0.717) is 5.75 Å². The molecule has 2 heterocycles. The van der Waals surface area contributed by atoms with E-state index in [4.69, 9.17) is 14.2 Å². The third-order valence-electron chi connectivity index (χ3n) is 5.06. The highest BCUT2D eigenvalue weighted by molar-refractivity contribution is 5.87. The van der Waals surface area contributed by atoms with E-state index in [1.54, 1.807) is 0 Å². The first-order valence-corrected chi connectivity index (χ1v) is 7.53. The minimum absolute atomic E-state index is 0.00218. The molecule has 2 aliphatic carbocycles. The molecule has 0 unspecified atom stereocenters. The average molecular weight is 292 g/mol. The molecule has 0 aromatic heterocycles. The van der Waals surface area contributed by atoms with Crippen molar-refractivity contribution in [3.8, 4) is 16.9 Å². The predicted octanol–water partition coefficient (Wildman–Crippen LogP) is 3.53. The standard InChI is InChI=1S/C18H12O4/c1-7(19)20-11-6-5-10-13-12-8(15-16(10)21-15)3-2-4-9(12)17-18(22-17)14(11)13/h2-6,15-18H,1H3/t15-,16+,17-,18+/m1/s1. The molecule has 4 nitrogen and oxygen atoms in total. The van der Waals surface area contributed by atoms with Crippen LogP contribution < -0.4 is 4.74 Å². The Hall–Kier alpha value is -2.17. The molecule has 22 heavy (non-hydrogen) atoms. The summed E-state index contributed by atoms with van der Waals surface area (Å²) in [5.74, 6) is 0.321. The second-order valence-electron chi connectivity index (χ2n) is 6.30. The summed E-state index contributed by atoms with van der Waals surface area (Å²) in [6, 6.07) is 10.3. The molecule has 0 N–H and O–H groups in total. The van der Waals surface area contributed by atoms with E-state index in [-0.39, 0.29) is 30.4 Å². The Labute approximate surface area is 126 Å². The van der Waals surface area contributed by atoms with Crippen molar-refractivity contribution in [2.24, 2.45) is 0 Å². The highest BCUT2D eigenvalue weighted by Crippen LogP contribution is 2.69. The molecule has 0 radical (unpaired) electrons. The third-order valence-corrected chi connectivity index (χ3v) is 5.06. The van der Waals surface area contributed by atoms with E-state index in [2.05, 4.69) is 18.2 Å². The quantitative estimate of drug-likeness (QED) is 0.458. The highest BCUT2D eigenvalue weighted by atomic mass is 16.6. The van der Waals surface area contributed by atoms with Gasteiger partial charge in [-0.2, -0.15) is 0 Å². The predicted molar refractivity (Wildman–Crippen MR) is 76.3 cm³/mol. The monoisotopic (exact) mass is 292 g/mol. The molecule has 108 valence electrons. The smallest absolute Gasteiger partial charge is 0.308 e. The van der Waals surface area contributed by atoms with Crippen LogP contribution in [0.1, 0.15) is 53.6 Å². The van der Waals surface area contributed by atoms with E-state index >= 15 is 0 Å². The second kappa shape index (κ2) is 3.42. The van der Waals surface area contributed by atoms with Crippen LogP contribution in [-0.2, 0) is 14.3 Å². The summed E-state index contributed by atoms with van der Waals surface area (Å²) in [5, 5.41) is 0. The minimum atomic E-state index is -0.302. The Morgan fingerprint density at radius 2 is 1.55 bits per heavy atom. The summed E-state index contributed by atoms with van der Waals surface area (Å²) in [4.78, 5) is 11.4. The van der Waals surface area contributed by atoms with Gasteiger partial charge in [0, 0.05) is 12.5 Å². The lowest BCUT2D eigenvalue weighted by molar-refractivity contribution is -0.131. The Bertz CT molecular complexity index is 871. The number of fused-ring (bicyclic) bond motifs is 6. The van der Waals surface area contributed by atoms with Crippen LogP contribution in [0.2, 0.25) is 0 Å². The zero-order chi connectivity index (χ0) is 14.6. The topological polar surface area (TPSA) is 51.4 Å². The molecule has 2 fully saturated rings. The van der Waals surface area contributed by atoms with Crippen LogP contribution in [-0.4, -0.2) is 5.97 Å². The van der Waals surface area contributed by atoms with Crippen molar-refractivity contribution in [2.45, 2.75) is 31.3 Å². The number of esters is 1. The van der Waals surface area contributed by atoms with Gasteiger partial charge in [-0.15, -0.1) is 0 Å². The second-order valence-corrected chi connectivity index (χ2v) is 6.30. The van der Waals surface area contributed by atoms with Gasteiger partial charge in [0.05, 0.1) is 0 Å². The Morgan fingerprint density at radius 3 is 2.27 bits per heavy atom. The molecule has 2 aromatic rings. The molecule has 2 aliphatic heterocycles. The number of carbonyl (C=O) groups excluding carboxylic acids is 1. The highest BCUT2D eigenvalue weighted by Gasteiger charge is 2.56.